The lowest BCUT2D eigenvalue weighted by atomic mass is 10.2. The molecule has 1 fully saturated rings. The second-order valence-electron chi connectivity index (χ2n) is 3.70. The lowest BCUT2D eigenvalue weighted by Crippen LogP contribution is -2.24. The second kappa shape index (κ2) is 5.18. The summed E-state index contributed by atoms with van der Waals surface area (Å²) in [6.07, 6.45) is 3.27. The zero-order valence-electron chi connectivity index (χ0n) is 9.05. The molecule has 2 N–H and O–H groups in total. The molecule has 1 aromatic rings. The molecule has 1 amide bonds. The Balaban J connectivity index is 2.12. The van der Waals surface area contributed by atoms with Crippen LogP contribution in [-0.4, -0.2) is 33.0 Å². The van der Waals surface area contributed by atoms with Crippen molar-refractivity contribution < 1.29 is 14.7 Å². The SMILES string of the molecule is O=C(O)c1ncccc1NC(=O)C1CCCS1. The maximum atomic E-state index is 11.8. The van der Waals surface area contributed by atoms with Gasteiger partial charge in [0, 0.05) is 6.20 Å². The van der Waals surface area contributed by atoms with Crippen molar-refractivity contribution >= 4 is 29.3 Å². The van der Waals surface area contributed by atoms with Crippen LogP contribution in [0.5, 0.6) is 0 Å². The lowest BCUT2D eigenvalue weighted by molar-refractivity contribution is -0.115. The van der Waals surface area contributed by atoms with Crippen LogP contribution in [-0.2, 0) is 4.79 Å². The smallest absolute Gasteiger partial charge is 0.356 e. The highest BCUT2D eigenvalue weighted by molar-refractivity contribution is 8.00. The summed E-state index contributed by atoms with van der Waals surface area (Å²) in [7, 11) is 0. The maximum Gasteiger partial charge on any atom is 0.356 e. The molecule has 1 aliphatic heterocycles. The fourth-order valence-electron chi connectivity index (χ4n) is 1.67. The molecular weight excluding hydrogens is 240 g/mol. The van der Waals surface area contributed by atoms with Crippen molar-refractivity contribution in [3.63, 3.8) is 0 Å². The highest BCUT2D eigenvalue weighted by atomic mass is 32.2. The van der Waals surface area contributed by atoms with Crippen LogP contribution in [0.3, 0.4) is 0 Å². The third-order valence-electron chi connectivity index (χ3n) is 2.49. The van der Waals surface area contributed by atoms with E-state index in [1.807, 2.05) is 0 Å². The Bertz CT molecular complexity index is 444. The van der Waals surface area contributed by atoms with E-state index >= 15 is 0 Å². The lowest BCUT2D eigenvalue weighted by Gasteiger charge is -2.11. The van der Waals surface area contributed by atoms with Crippen molar-refractivity contribution in [2.24, 2.45) is 0 Å². The van der Waals surface area contributed by atoms with Gasteiger partial charge in [-0.15, -0.1) is 11.8 Å². The number of carbonyl (C=O) groups is 2. The minimum atomic E-state index is -1.14. The minimum absolute atomic E-state index is 0.0724. The molecule has 0 aliphatic carbocycles. The first-order chi connectivity index (χ1) is 8.18. The summed E-state index contributed by atoms with van der Waals surface area (Å²) >= 11 is 1.60. The van der Waals surface area contributed by atoms with E-state index in [-0.39, 0.29) is 22.5 Å². The molecule has 1 atom stereocenters. The molecule has 5 nitrogen and oxygen atoms in total. The fraction of sp³-hybridized carbons (Fsp3) is 0.364. The van der Waals surface area contributed by atoms with E-state index in [0.717, 1.165) is 18.6 Å². The van der Waals surface area contributed by atoms with Gasteiger partial charge in [0.1, 0.15) is 0 Å². The molecule has 1 aromatic heterocycles. The number of aromatic nitrogens is 1. The molecule has 0 radical (unpaired) electrons. The van der Waals surface area contributed by atoms with Gasteiger partial charge in [0.2, 0.25) is 5.91 Å². The Kier molecular flexibility index (Phi) is 3.63. The Labute approximate surface area is 103 Å². The quantitative estimate of drug-likeness (QED) is 0.854. The molecule has 0 aromatic carbocycles. The average Bonchev–Trinajstić information content (AvgIpc) is 2.83. The highest BCUT2D eigenvalue weighted by Crippen LogP contribution is 2.27. The molecule has 90 valence electrons. The van der Waals surface area contributed by atoms with Gasteiger partial charge in [0.15, 0.2) is 5.69 Å². The van der Waals surface area contributed by atoms with Crippen LogP contribution in [0.4, 0.5) is 5.69 Å². The van der Waals surface area contributed by atoms with Crippen molar-refractivity contribution in [1.82, 2.24) is 4.98 Å². The maximum absolute atomic E-state index is 11.8. The van der Waals surface area contributed by atoms with Crippen LogP contribution in [0.2, 0.25) is 0 Å². The highest BCUT2D eigenvalue weighted by Gasteiger charge is 2.24. The molecule has 17 heavy (non-hydrogen) atoms. The third-order valence-corrected chi connectivity index (χ3v) is 3.87. The molecular formula is C11H12N2O3S. The molecule has 0 bridgehead atoms. The van der Waals surface area contributed by atoms with Gasteiger partial charge < -0.3 is 10.4 Å². The van der Waals surface area contributed by atoms with Gasteiger partial charge in [-0.2, -0.15) is 0 Å². The Morgan fingerprint density at radius 3 is 3.00 bits per heavy atom. The summed E-state index contributed by atoms with van der Waals surface area (Å²) in [6, 6.07) is 3.15. The van der Waals surface area contributed by atoms with E-state index in [1.54, 1.807) is 23.9 Å². The number of carboxylic acids is 1. The Hall–Kier alpha value is -1.56. The van der Waals surface area contributed by atoms with Crippen LogP contribution >= 0.6 is 11.8 Å². The van der Waals surface area contributed by atoms with Gasteiger partial charge in [0.05, 0.1) is 10.9 Å². The van der Waals surface area contributed by atoms with E-state index in [1.165, 1.54) is 6.20 Å². The van der Waals surface area contributed by atoms with Crippen LogP contribution in [0.15, 0.2) is 18.3 Å². The molecule has 2 rings (SSSR count). The first kappa shape index (κ1) is 11.9. The van der Waals surface area contributed by atoms with Gasteiger partial charge in [0.25, 0.3) is 0 Å². The number of nitrogens with one attached hydrogen (secondary N) is 1. The van der Waals surface area contributed by atoms with Crippen molar-refractivity contribution in [3.8, 4) is 0 Å². The number of thioether (sulfide) groups is 1. The van der Waals surface area contributed by atoms with Gasteiger partial charge in [-0.1, -0.05) is 0 Å². The van der Waals surface area contributed by atoms with E-state index in [0.29, 0.717) is 0 Å². The predicted octanol–water partition coefficient (Wildman–Crippen LogP) is 1.61. The summed E-state index contributed by atoms with van der Waals surface area (Å²) in [5.41, 5.74) is 0.140. The Morgan fingerprint density at radius 2 is 2.35 bits per heavy atom. The fourth-order valence-corrected chi connectivity index (χ4v) is 2.84. The van der Waals surface area contributed by atoms with Crippen molar-refractivity contribution in [2.75, 3.05) is 11.1 Å². The largest absolute Gasteiger partial charge is 0.476 e. The average molecular weight is 252 g/mol. The first-order valence-electron chi connectivity index (χ1n) is 5.29. The van der Waals surface area contributed by atoms with E-state index in [9.17, 15) is 9.59 Å². The van der Waals surface area contributed by atoms with Crippen LogP contribution < -0.4 is 5.32 Å². The van der Waals surface area contributed by atoms with E-state index in [4.69, 9.17) is 5.11 Å². The number of hydrogen-bond acceptors (Lipinski definition) is 4. The molecule has 0 saturated carbocycles. The zero-order chi connectivity index (χ0) is 12.3. The molecule has 0 spiro atoms. The van der Waals surface area contributed by atoms with Crippen molar-refractivity contribution in [1.29, 1.82) is 0 Å². The molecule has 2 heterocycles. The van der Waals surface area contributed by atoms with Crippen LogP contribution in [0, 0.1) is 0 Å². The van der Waals surface area contributed by atoms with Gasteiger partial charge in [-0.25, -0.2) is 9.78 Å². The van der Waals surface area contributed by atoms with Crippen molar-refractivity contribution in [3.05, 3.63) is 24.0 Å². The number of anilines is 1. The van der Waals surface area contributed by atoms with Crippen LogP contribution in [0.1, 0.15) is 23.3 Å². The van der Waals surface area contributed by atoms with Crippen LogP contribution in [0.25, 0.3) is 0 Å². The number of hydrogen-bond donors (Lipinski definition) is 2. The van der Waals surface area contributed by atoms with Gasteiger partial charge >= 0.3 is 5.97 Å². The summed E-state index contributed by atoms with van der Waals surface area (Å²) < 4.78 is 0. The molecule has 1 aliphatic rings. The summed E-state index contributed by atoms with van der Waals surface area (Å²) in [5, 5.41) is 11.5. The summed E-state index contributed by atoms with van der Waals surface area (Å²) in [6.45, 7) is 0. The number of nitrogens with zero attached hydrogens (tertiary/aromatic N) is 1. The number of carbonyl (C=O) groups excluding carboxylic acids is 1. The number of carboxylic acid groups (broad SMARTS) is 1. The minimum Gasteiger partial charge on any atom is -0.476 e. The number of rotatable bonds is 3. The summed E-state index contributed by atoms with van der Waals surface area (Å²) in [4.78, 5) is 26.5. The molecule has 1 unspecified atom stereocenters. The Morgan fingerprint density at radius 1 is 1.53 bits per heavy atom. The first-order valence-corrected chi connectivity index (χ1v) is 6.34. The van der Waals surface area contributed by atoms with E-state index in [2.05, 4.69) is 10.3 Å². The molecule has 1 saturated heterocycles. The summed E-state index contributed by atoms with van der Waals surface area (Å²) in [5.74, 6) is -0.292. The third kappa shape index (κ3) is 2.76. The van der Waals surface area contributed by atoms with Crippen molar-refractivity contribution in [2.45, 2.75) is 18.1 Å². The zero-order valence-corrected chi connectivity index (χ0v) is 9.87. The van der Waals surface area contributed by atoms with Gasteiger partial charge in [-0.05, 0) is 30.7 Å². The molecule has 6 heteroatoms. The second-order valence-corrected chi connectivity index (χ2v) is 5.01. The number of aromatic carboxylic acids is 1. The normalized spacial score (nSPS) is 18.9. The predicted molar refractivity (Wildman–Crippen MR) is 65.3 cm³/mol. The standard InChI is InChI=1S/C11H12N2O3S/c14-10(8-4-2-6-17-8)13-7-3-1-5-12-9(7)11(15)16/h1,3,5,8H,2,4,6H2,(H,13,14)(H,15,16). The number of amides is 1. The number of pyridine rings is 1. The van der Waals surface area contributed by atoms with E-state index < -0.39 is 5.97 Å². The monoisotopic (exact) mass is 252 g/mol. The van der Waals surface area contributed by atoms with Gasteiger partial charge in [-0.3, -0.25) is 4.79 Å². The topological polar surface area (TPSA) is 79.3 Å².